The number of pyridine rings is 1. The summed E-state index contributed by atoms with van der Waals surface area (Å²) in [5.41, 5.74) is 1.92. The van der Waals surface area contributed by atoms with Crippen LogP contribution in [-0.4, -0.2) is 17.1 Å². The molecule has 0 amide bonds. The monoisotopic (exact) mass is 175 g/mol. The fourth-order valence-electron chi connectivity index (χ4n) is 1.31. The van der Waals surface area contributed by atoms with E-state index < -0.39 is 0 Å². The lowest BCUT2D eigenvalue weighted by Gasteiger charge is -2.22. The summed E-state index contributed by atoms with van der Waals surface area (Å²) in [4.78, 5) is 15.4. The van der Waals surface area contributed by atoms with Gasteiger partial charge < -0.3 is 4.74 Å². The molecule has 66 valence electrons. The van der Waals surface area contributed by atoms with Gasteiger partial charge in [0.2, 0.25) is 0 Å². The van der Waals surface area contributed by atoms with Gasteiger partial charge in [0.05, 0.1) is 11.3 Å². The Morgan fingerprint density at radius 2 is 2.38 bits per heavy atom. The summed E-state index contributed by atoms with van der Waals surface area (Å²) >= 11 is 0. The van der Waals surface area contributed by atoms with Gasteiger partial charge in [0.1, 0.15) is 6.10 Å². The smallest absolute Gasteiger partial charge is 0.340 e. The molecule has 3 nitrogen and oxygen atoms in total. The number of fused-ring (bicyclic) bond motifs is 1. The number of ether oxygens (including phenoxy) is 1. The van der Waals surface area contributed by atoms with Gasteiger partial charge in [-0.05, 0) is 19.1 Å². The molecule has 1 atom stereocenters. The summed E-state index contributed by atoms with van der Waals surface area (Å²) in [7, 11) is 0. The van der Waals surface area contributed by atoms with Crippen LogP contribution in [-0.2, 0) is 4.74 Å². The maximum atomic E-state index is 11.3. The molecule has 3 heteroatoms. The van der Waals surface area contributed by atoms with Crippen LogP contribution >= 0.6 is 0 Å². The number of aromatic nitrogens is 1. The van der Waals surface area contributed by atoms with Crippen LogP contribution in [0.2, 0.25) is 0 Å². The Kier molecular flexibility index (Phi) is 1.65. The lowest BCUT2D eigenvalue weighted by Crippen LogP contribution is -2.24. The highest BCUT2D eigenvalue weighted by atomic mass is 16.5. The third-order valence-corrected chi connectivity index (χ3v) is 2.11. The SMILES string of the molecule is C=C1c2ncccc2C(=O)OC1C. The first-order valence-electron chi connectivity index (χ1n) is 4.05. The minimum Gasteiger partial charge on any atom is -0.454 e. The van der Waals surface area contributed by atoms with Gasteiger partial charge in [-0.15, -0.1) is 0 Å². The molecule has 0 saturated carbocycles. The molecular weight excluding hydrogens is 166 g/mol. The van der Waals surface area contributed by atoms with Gasteiger partial charge in [0, 0.05) is 11.8 Å². The van der Waals surface area contributed by atoms with Crippen molar-refractivity contribution in [3.63, 3.8) is 0 Å². The Labute approximate surface area is 76.1 Å². The van der Waals surface area contributed by atoms with Crippen LogP contribution in [0.25, 0.3) is 5.57 Å². The number of hydrogen-bond acceptors (Lipinski definition) is 3. The predicted molar refractivity (Wildman–Crippen MR) is 48.1 cm³/mol. The van der Waals surface area contributed by atoms with Crippen LogP contribution < -0.4 is 0 Å². The molecule has 1 aromatic heterocycles. The molecule has 0 aromatic carbocycles. The molecule has 1 aliphatic heterocycles. The van der Waals surface area contributed by atoms with E-state index in [1.54, 1.807) is 25.3 Å². The van der Waals surface area contributed by atoms with E-state index in [1.165, 1.54) is 0 Å². The number of esters is 1. The Balaban J connectivity index is 2.60. The largest absolute Gasteiger partial charge is 0.454 e. The summed E-state index contributed by atoms with van der Waals surface area (Å²) < 4.78 is 5.05. The van der Waals surface area contributed by atoms with E-state index in [-0.39, 0.29) is 12.1 Å². The second kappa shape index (κ2) is 2.69. The number of carbonyl (C=O) groups is 1. The zero-order valence-electron chi connectivity index (χ0n) is 7.28. The van der Waals surface area contributed by atoms with Crippen molar-refractivity contribution in [1.29, 1.82) is 0 Å². The molecule has 0 bridgehead atoms. The van der Waals surface area contributed by atoms with Crippen LogP contribution in [0.4, 0.5) is 0 Å². The molecule has 0 N–H and O–H groups in total. The zero-order chi connectivity index (χ0) is 9.42. The number of nitrogens with zero attached hydrogens (tertiary/aromatic N) is 1. The molecule has 0 saturated heterocycles. The number of carbonyl (C=O) groups excluding carboxylic acids is 1. The van der Waals surface area contributed by atoms with Crippen LogP contribution in [0.15, 0.2) is 24.9 Å². The van der Waals surface area contributed by atoms with Crippen molar-refractivity contribution in [3.8, 4) is 0 Å². The van der Waals surface area contributed by atoms with E-state index in [2.05, 4.69) is 11.6 Å². The number of cyclic esters (lactones) is 1. The van der Waals surface area contributed by atoms with Crippen molar-refractivity contribution >= 4 is 11.5 Å². The van der Waals surface area contributed by atoms with Crippen molar-refractivity contribution in [1.82, 2.24) is 4.98 Å². The Hall–Kier alpha value is -1.64. The number of hydrogen-bond donors (Lipinski definition) is 0. The summed E-state index contributed by atoms with van der Waals surface area (Å²) in [6, 6.07) is 3.41. The quantitative estimate of drug-likeness (QED) is 0.563. The van der Waals surface area contributed by atoms with Crippen LogP contribution in [0.1, 0.15) is 23.0 Å². The fraction of sp³-hybridized carbons (Fsp3) is 0.200. The first-order chi connectivity index (χ1) is 6.20. The van der Waals surface area contributed by atoms with Crippen LogP contribution in [0, 0.1) is 0 Å². The van der Waals surface area contributed by atoms with E-state index in [0.717, 1.165) is 5.57 Å². The first kappa shape index (κ1) is 7.98. The average molecular weight is 175 g/mol. The fourth-order valence-corrected chi connectivity index (χ4v) is 1.31. The molecular formula is C10H9NO2. The van der Waals surface area contributed by atoms with E-state index in [9.17, 15) is 4.79 Å². The Morgan fingerprint density at radius 3 is 3.15 bits per heavy atom. The van der Waals surface area contributed by atoms with Gasteiger partial charge >= 0.3 is 5.97 Å². The predicted octanol–water partition coefficient (Wildman–Crippen LogP) is 1.65. The summed E-state index contributed by atoms with van der Waals surface area (Å²) in [5.74, 6) is -0.317. The minimum absolute atomic E-state index is 0.269. The van der Waals surface area contributed by atoms with Crippen molar-refractivity contribution in [3.05, 3.63) is 36.2 Å². The molecule has 2 rings (SSSR count). The third-order valence-electron chi connectivity index (χ3n) is 2.11. The molecule has 0 radical (unpaired) electrons. The van der Waals surface area contributed by atoms with Gasteiger partial charge in [-0.1, -0.05) is 6.58 Å². The molecule has 13 heavy (non-hydrogen) atoms. The highest BCUT2D eigenvalue weighted by Gasteiger charge is 2.27. The van der Waals surface area contributed by atoms with E-state index in [1.807, 2.05) is 0 Å². The summed E-state index contributed by atoms with van der Waals surface area (Å²) in [6.07, 6.45) is 1.38. The molecule has 1 unspecified atom stereocenters. The molecule has 0 spiro atoms. The van der Waals surface area contributed by atoms with E-state index >= 15 is 0 Å². The lowest BCUT2D eigenvalue weighted by atomic mass is 10.0. The molecule has 1 aromatic rings. The number of rotatable bonds is 0. The highest BCUT2D eigenvalue weighted by molar-refractivity contribution is 5.97. The standard InChI is InChI=1S/C10H9NO2/c1-6-7(2)13-10(12)8-4-3-5-11-9(6)8/h3-5,7H,1H2,2H3. The third kappa shape index (κ3) is 1.13. The van der Waals surface area contributed by atoms with Crippen molar-refractivity contribution in [2.24, 2.45) is 0 Å². The Morgan fingerprint density at radius 1 is 1.62 bits per heavy atom. The van der Waals surface area contributed by atoms with Crippen molar-refractivity contribution in [2.75, 3.05) is 0 Å². The molecule has 1 aliphatic rings. The lowest BCUT2D eigenvalue weighted by molar-refractivity contribution is 0.0418. The zero-order valence-corrected chi connectivity index (χ0v) is 7.28. The van der Waals surface area contributed by atoms with Gasteiger partial charge in [0.25, 0.3) is 0 Å². The second-order valence-electron chi connectivity index (χ2n) is 2.97. The highest BCUT2D eigenvalue weighted by Crippen LogP contribution is 2.26. The van der Waals surface area contributed by atoms with Gasteiger partial charge in [-0.2, -0.15) is 0 Å². The van der Waals surface area contributed by atoms with Crippen LogP contribution in [0.5, 0.6) is 0 Å². The van der Waals surface area contributed by atoms with Gasteiger partial charge in [-0.3, -0.25) is 4.98 Å². The Bertz CT molecular complexity index is 384. The summed E-state index contributed by atoms with van der Waals surface area (Å²) in [5, 5.41) is 0. The van der Waals surface area contributed by atoms with Crippen LogP contribution in [0.3, 0.4) is 0 Å². The topological polar surface area (TPSA) is 39.2 Å². The first-order valence-corrected chi connectivity index (χ1v) is 4.05. The van der Waals surface area contributed by atoms with Crippen molar-refractivity contribution in [2.45, 2.75) is 13.0 Å². The van der Waals surface area contributed by atoms with Gasteiger partial charge in [0.15, 0.2) is 0 Å². The van der Waals surface area contributed by atoms with E-state index in [0.29, 0.717) is 11.3 Å². The maximum Gasteiger partial charge on any atom is 0.340 e. The molecule has 2 heterocycles. The molecule has 0 fully saturated rings. The summed E-state index contributed by atoms with van der Waals surface area (Å²) in [6.45, 7) is 5.62. The maximum absolute atomic E-state index is 11.3. The van der Waals surface area contributed by atoms with Gasteiger partial charge in [-0.25, -0.2) is 4.79 Å². The van der Waals surface area contributed by atoms with E-state index in [4.69, 9.17) is 4.74 Å². The minimum atomic E-state index is -0.317. The van der Waals surface area contributed by atoms with Crippen molar-refractivity contribution < 1.29 is 9.53 Å². The molecule has 0 aliphatic carbocycles. The normalized spacial score (nSPS) is 20.8. The average Bonchev–Trinajstić information content (AvgIpc) is 2.15. The second-order valence-corrected chi connectivity index (χ2v) is 2.97.